The fraction of sp³-hybridized carbons (Fsp3) is 0.353. The van der Waals surface area contributed by atoms with Crippen LogP contribution in [0.5, 0.6) is 0 Å². The molecule has 1 aromatic carbocycles. The summed E-state index contributed by atoms with van der Waals surface area (Å²) in [5.74, 6) is -0.209. The molecule has 0 bridgehead atoms. The van der Waals surface area contributed by atoms with Crippen molar-refractivity contribution >= 4 is 5.91 Å². The number of halogens is 1. The fourth-order valence-corrected chi connectivity index (χ4v) is 2.34. The normalized spacial score (nSPS) is 12.4. The Morgan fingerprint density at radius 2 is 1.95 bits per heavy atom. The number of aliphatic hydroxyl groups excluding tert-OH is 1. The molecule has 1 atom stereocenters. The summed E-state index contributed by atoms with van der Waals surface area (Å²) < 4.78 is 18.3. The highest BCUT2D eigenvalue weighted by molar-refractivity contribution is 5.98. The van der Waals surface area contributed by atoms with Crippen molar-refractivity contribution in [3.05, 3.63) is 48.2 Å². The first-order valence-electron chi connectivity index (χ1n) is 7.26. The van der Waals surface area contributed by atoms with Crippen LogP contribution in [0.2, 0.25) is 0 Å². The van der Waals surface area contributed by atoms with Crippen LogP contribution in [0.25, 0.3) is 11.1 Å². The maximum absolute atomic E-state index is 13.0. The van der Waals surface area contributed by atoms with E-state index >= 15 is 0 Å². The van der Waals surface area contributed by atoms with Gasteiger partial charge in [-0.2, -0.15) is 0 Å². The molecule has 0 aliphatic rings. The van der Waals surface area contributed by atoms with Crippen LogP contribution < -0.4 is 5.32 Å². The first kappa shape index (κ1) is 16.2. The van der Waals surface area contributed by atoms with Gasteiger partial charge in [-0.1, -0.05) is 26.0 Å². The van der Waals surface area contributed by atoms with Gasteiger partial charge < -0.3 is 14.8 Å². The van der Waals surface area contributed by atoms with Gasteiger partial charge in [0.15, 0.2) is 5.76 Å². The number of hydrogen-bond donors (Lipinski definition) is 2. The molecule has 0 fully saturated rings. The van der Waals surface area contributed by atoms with Gasteiger partial charge in [0, 0.05) is 5.56 Å². The van der Waals surface area contributed by atoms with E-state index in [1.54, 1.807) is 18.2 Å². The zero-order chi connectivity index (χ0) is 16.1. The molecule has 1 unspecified atom stereocenters. The molecule has 118 valence electrons. The number of benzene rings is 1. The van der Waals surface area contributed by atoms with Gasteiger partial charge in [0.25, 0.3) is 5.91 Å². The number of hydrogen-bond acceptors (Lipinski definition) is 3. The molecule has 22 heavy (non-hydrogen) atoms. The van der Waals surface area contributed by atoms with E-state index in [1.807, 2.05) is 13.8 Å². The molecule has 4 nitrogen and oxygen atoms in total. The Balaban J connectivity index is 2.17. The predicted molar refractivity (Wildman–Crippen MR) is 81.9 cm³/mol. The molecule has 2 rings (SSSR count). The lowest BCUT2D eigenvalue weighted by Gasteiger charge is -2.17. The van der Waals surface area contributed by atoms with Crippen molar-refractivity contribution in [1.29, 1.82) is 0 Å². The van der Waals surface area contributed by atoms with Crippen LogP contribution in [0.15, 0.2) is 41.0 Å². The summed E-state index contributed by atoms with van der Waals surface area (Å²) in [6.45, 7) is 3.91. The van der Waals surface area contributed by atoms with Crippen molar-refractivity contribution in [2.45, 2.75) is 26.3 Å². The Labute approximate surface area is 129 Å². The van der Waals surface area contributed by atoms with Crippen LogP contribution >= 0.6 is 0 Å². The van der Waals surface area contributed by atoms with Crippen LogP contribution in [0.4, 0.5) is 4.39 Å². The second-order valence-corrected chi connectivity index (χ2v) is 5.65. The average molecular weight is 305 g/mol. The fourth-order valence-electron chi connectivity index (χ4n) is 2.34. The second kappa shape index (κ2) is 7.22. The van der Waals surface area contributed by atoms with Crippen LogP contribution in [0.1, 0.15) is 30.8 Å². The third-order valence-corrected chi connectivity index (χ3v) is 3.34. The number of rotatable bonds is 6. The lowest BCUT2D eigenvalue weighted by molar-refractivity contribution is 0.0881. The molecule has 0 spiro atoms. The Hall–Kier alpha value is -2.14. The van der Waals surface area contributed by atoms with Crippen molar-refractivity contribution in [2.24, 2.45) is 5.92 Å². The molecule has 1 amide bonds. The molecule has 0 saturated heterocycles. The van der Waals surface area contributed by atoms with Crippen LogP contribution in [-0.4, -0.2) is 23.7 Å². The zero-order valence-electron chi connectivity index (χ0n) is 12.7. The van der Waals surface area contributed by atoms with Crippen molar-refractivity contribution in [1.82, 2.24) is 5.32 Å². The largest absolute Gasteiger partial charge is 0.459 e. The van der Waals surface area contributed by atoms with Gasteiger partial charge >= 0.3 is 0 Å². The van der Waals surface area contributed by atoms with Crippen LogP contribution in [0, 0.1) is 11.7 Å². The van der Waals surface area contributed by atoms with Gasteiger partial charge in [0.05, 0.1) is 18.9 Å². The third-order valence-electron chi connectivity index (χ3n) is 3.34. The highest BCUT2D eigenvalue weighted by Gasteiger charge is 2.20. The number of furan rings is 1. The summed E-state index contributed by atoms with van der Waals surface area (Å²) >= 11 is 0. The maximum atomic E-state index is 13.0. The highest BCUT2D eigenvalue weighted by Crippen LogP contribution is 2.25. The molecule has 0 radical (unpaired) electrons. The smallest absolute Gasteiger partial charge is 0.287 e. The third kappa shape index (κ3) is 3.95. The monoisotopic (exact) mass is 305 g/mol. The van der Waals surface area contributed by atoms with E-state index in [4.69, 9.17) is 4.42 Å². The first-order valence-corrected chi connectivity index (χ1v) is 7.26. The van der Waals surface area contributed by atoms with Gasteiger partial charge in [-0.3, -0.25) is 4.79 Å². The molecular weight excluding hydrogens is 285 g/mol. The summed E-state index contributed by atoms with van der Waals surface area (Å²) in [6.07, 6.45) is 2.10. The summed E-state index contributed by atoms with van der Waals surface area (Å²) in [7, 11) is 0. The van der Waals surface area contributed by atoms with Crippen molar-refractivity contribution < 1.29 is 18.7 Å². The molecular formula is C17H20FNO3. The van der Waals surface area contributed by atoms with Gasteiger partial charge in [-0.25, -0.2) is 4.39 Å². The first-order chi connectivity index (χ1) is 10.5. The molecule has 0 saturated carbocycles. The van der Waals surface area contributed by atoms with Gasteiger partial charge in [-0.05, 0) is 36.1 Å². The summed E-state index contributed by atoms with van der Waals surface area (Å²) in [4.78, 5) is 12.3. The number of amides is 1. The summed E-state index contributed by atoms with van der Waals surface area (Å²) in [5, 5.41) is 12.1. The summed E-state index contributed by atoms with van der Waals surface area (Å²) in [5.41, 5.74) is 1.29. The lowest BCUT2D eigenvalue weighted by Crippen LogP contribution is -2.38. The topological polar surface area (TPSA) is 62.5 Å². The van der Waals surface area contributed by atoms with E-state index in [0.717, 1.165) is 0 Å². The van der Waals surface area contributed by atoms with Gasteiger partial charge in [0.1, 0.15) is 5.82 Å². The molecule has 1 heterocycles. The van der Waals surface area contributed by atoms with Crippen LogP contribution in [-0.2, 0) is 0 Å². The lowest BCUT2D eigenvalue weighted by atomic mass is 10.0. The van der Waals surface area contributed by atoms with E-state index in [2.05, 4.69) is 5.32 Å². The van der Waals surface area contributed by atoms with Crippen molar-refractivity contribution in [3.63, 3.8) is 0 Å². The average Bonchev–Trinajstić information content (AvgIpc) is 2.96. The minimum absolute atomic E-state index is 0.128. The Morgan fingerprint density at radius 1 is 1.27 bits per heavy atom. The number of carbonyl (C=O) groups is 1. The van der Waals surface area contributed by atoms with E-state index in [1.165, 1.54) is 18.4 Å². The second-order valence-electron chi connectivity index (χ2n) is 5.65. The maximum Gasteiger partial charge on any atom is 0.287 e. The molecule has 5 heteroatoms. The Morgan fingerprint density at radius 3 is 2.55 bits per heavy atom. The summed E-state index contributed by atoms with van der Waals surface area (Å²) in [6, 6.07) is 7.19. The van der Waals surface area contributed by atoms with Gasteiger partial charge in [-0.15, -0.1) is 0 Å². The molecule has 2 aromatic rings. The van der Waals surface area contributed by atoms with Crippen LogP contribution in [0.3, 0.4) is 0 Å². The predicted octanol–water partition coefficient (Wildman–Crippen LogP) is 3.22. The molecule has 0 aliphatic heterocycles. The molecule has 2 N–H and O–H groups in total. The van der Waals surface area contributed by atoms with Crippen molar-refractivity contribution in [3.8, 4) is 11.1 Å². The van der Waals surface area contributed by atoms with E-state index < -0.39 is 0 Å². The molecule has 0 aliphatic carbocycles. The number of aliphatic hydroxyl groups is 1. The quantitative estimate of drug-likeness (QED) is 0.861. The standard InChI is InChI=1S/C17H20FNO3/c1-11(2)9-14(10-20)19-17(21)16-15(7-8-22-16)12-3-5-13(18)6-4-12/h3-8,11,14,20H,9-10H2,1-2H3,(H,19,21). The van der Waals surface area contributed by atoms with E-state index in [9.17, 15) is 14.3 Å². The minimum atomic E-state index is -0.385. The SMILES string of the molecule is CC(C)CC(CO)NC(=O)c1occc1-c1ccc(F)cc1. The van der Waals surface area contributed by atoms with E-state index in [0.29, 0.717) is 23.5 Å². The molecule has 1 aromatic heterocycles. The number of carbonyl (C=O) groups excluding carboxylic acids is 1. The minimum Gasteiger partial charge on any atom is -0.459 e. The Kier molecular flexibility index (Phi) is 5.33. The number of nitrogens with one attached hydrogen (secondary N) is 1. The highest BCUT2D eigenvalue weighted by atomic mass is 19.1. The zero-order valence-corrected chi connectivity index (χ0v) is 12.7. The van der Waals surface area contributed by atoms with E-state index in [-0.39, 0.29) is 30.1 Å². The van der Waals surface area contributed by atoms with Crippen molar-refractivity contribution in [2.75, 3.05) is 6.61 Å². The van der Waals surface area contributed by atoms with Gasteiger partial charge in [0.2, 0.25) is 0 Å². The Bertz CT molecular complexity index is 619.